The van der Waals surface area contributed by atoms with E-state index in [0.29, 0.717) is 11.6 Å². The summed E-state index contributed by atoms with van der Waals surface area (Å²) < 4.78 is 0. The van der Waals surface area contributed by atoms with Crippen LogP contribution in [0, 0.1) is 5.92 Å². The SMILES string of the molecule is CCC/C=C/NCCCC.CCCC[C@@H](C)CC.CNCC1C=C(C)C=C(C)N1.Nc1ccc(-c2ccc(C=O)cc2)cc1. The van der Waals surface area contributed by atoms with Crippen LogP contribution in [0.15, 0.2) is 84.2 Å². The lowest BCUT2D eigenvalue weighted by Crippen LogP contribution is -2.36. The standard InChI is InChI=1S/C13H11NO.C9H16N2.C9H19N.C8H18/c14-13-7-5-12(6-8-13)11-3-1-10(9-15)2-4-11;1-7-4-8(2)11-9(5-7)6-10-3;1-3-5-7-9-10-8-6-4-2;1-4-6-7-8(3)5-2/h1-9H,14H2;4-5,9-11H,6H2,1-3H3;7,9-10H,3-6,8H2,1-2H3;8H,4-7H2,1-3H3/b;;9-7+;/t;;;8-/m...0/s1. The van der Waals surface area contributed by atoms with Crippen molar-refractivity contribution in [2.75, 3.05) is 25.9 Å². The van der Waals surface area contributed by atoms with E-state index in [2.05, 4.69) is 88.8 Å². The molecule has 0 saturated heterocycles. The molecule has 246 valence electrons. The van der Waals surface area contributed by atoms with E-state index < -0.39 is 0 Å². The molecule has 0 bridgehead atoms. The molecule has 2 aromatic rings. The number of nitrogen functional groups attached to an aromatic ring is 1. The van der Waals surface area contributed by atoms with Crippen molar-refractivity contribution in [3.8, 4) is 11.1 Å². The van der Waals surface area contributed by atoms with E-state index in [9.17, 15) is 4.79 Å². The number of nitrogens with two attached hydrogens (primary N) is 1. The van der Waals surface area contributed by atoms with E-state index in [1.807, 2.05) is 43.4 Å². The highest BCUT2D eigenvalue weighted by atomic mass is 16.1. The van der Waals surface area contributed by atoms with Crippen LogP contribution in [-0.4, -0.2) is 32.5 Å². The molecule has 0 radical (unpaired) electrons. The minimum atomic E-state index is 0.463. The van der Waals surface area contributed by atoms with Gasteiger partial charge in [0.25, 0.3) is 0 Å². The zero-order valence-corrected chi connectivity index (χ0v) is 29.2. The Balaban J connectivity index is 0.000000578. The Morgan fingerprint density at radius 2 is 1.52 bits per heavy atom. The summed E-state index contributed by atoms with van der Waals surface area (Å²) in [5.41, 5.74) is 11.8. The molecule has 5 heteroatoms. The number of dihydropyridines is 1. The van der Waals surface area contributed by atoms with Crippen molar-refractivity contribution >= 4 is 12.0 Å². The molecule has 1 aliphatic heterocycles. The molecule has 0 amide bonds. The first-order valence-electron chi connectivity index (χ1n) is 16.8. The Morgan fingerprint density at radius 1 is 0.909 bits per heavy atom. The van der Waals surface area contributed by atoms with Crippen molar-refractivity contribution in [2.24, 2.45) is 5.92 Å². The second kappa shape index (κ2) is 27.3. The summed E-state index contributed by atoms with van der Waals surface area (Å²) in [7, 11) is 1.97. The second-order valence-electron chi connectivity index (χ2n) is 11.6. The molecule has 0 fully saturated rings. The molecule has 1 unspecified atom stereocenters. The van der Waals surface area contributed by atoms with Gasteiger partial charge in [-0.15, -0.1) is 0 Å². The van der Waals surface area contributed by atoms with Gasteiger partial charge in [0.05, 0.1) is 6.04 Å². The molecule has 2 aromatic carbocycles. The Morgan fingerprint density at radius 3 is 2.02 bits per heavy atom. The maximum Gasteiger partial charge on any atom is 0.150 e. The number of carbonyl (C=O) groups is 1. The van der Waals surface area contributed by atoms with Gasteiger partial charge in [0.15, 0.2) is 0 Å². The number of allylic oxidation sites excluding steroid dienone is 4. The lowest BCUT2D eigenvalue weighted by atomic mass is 10.0. The molecule has 1 heterocycles. The maximum atomic E-state index is 10.5. The minimum absolute atomic E-state index is 0.463. The maximum absolute atomic E-state index is 10.5. The third kappa shape index (κ3) is 21.4. The van der Waals surface area contributed by atoms with Gasteiger partial charge in [0.1, 0.15) is 6.29 Å². The lowest BCUT2D eigenvalue weighted by molar-refractivity contribution is 0.112. The van der Waals surface area contributed by atoms with E-state index >= 15 is 0 Å². The molecular formula is C39H64N4O. The number of anilines is 1. The lowest BCUT2D eigenvalue weighted by Gasteiger charge is -2.21. The van der Waals surface area contributed by atoms with Crippen LogP contribution >= 0.6 is 0 Å². The van der Waals surface area contributed by atoms with Crippen molar-refractivity contribution < 1.29 is 4.79 Å². The van der Waals surface area contributed by atoms with Crippen LogP contribution in [0.25, 0.3) is 11.1 Å². The number of likely N-dealkylation sites (N-methyl/N-ethyl adjacent to an activating group) is 1. The summed E-state index contributed by atoms with van der Waals surface area (Å²) in [6, 6.07) is 15.6. The first-order chi connectivity index (χ1) is 21.2. The van der Waals surface area contributed by atoms with Gasteiger partial charge in [0.2, 0.25) is 0 Å². The molecule has 3 rings (SSSR count). The highest BCUT2D eigenvalue weighted by molar-refractivity contribution is 5.77. The number of rotatable bonds is 14. The fourth-order valence-corrected chi connectivity index (χ4v) is 4.29. The number of aldehydes is 1. The van der Waals surface area contributed by atoms with Gasteiger partial charge in [0, 0.05) is 30.0 Å². The molecule has 0 saturated carbocycles. The van der Waals surface area contributed by atoms with Crippen molar-refractivity contribution in [1.82, 2.24) is 16.0 Å². The predicted octanol–water partition coefficient (Wildman–Crippen LogP) is 9.69. The van der Waals surface area contributed by atoms with Gasteiger partial charge in [-0.25, -0.2) is 0 Å². The summed E-state index contributed by atoms with van der Waals surface area (Å²) in [6.45, 7) is 17.6. The van der Waals surface area contributed by atoms with Crippen LogP contribution in [0.4, 0.5) is 5.69 Å². The zero-order chi connectivity index (χ0) is 33.0. The number of benzene rings is 2. The summed E-state index contributed by atoms with van der Waals surface area (Å²) in [6.07, 6.45) is 20.0. The Hall–Kier alpha value is -3.31. The van der Waals surface area contributed by atoms with E-state index in [4.69, 9.17) is 5.73 Å². The van der Waals surface area contributed by atoms with Crippen molar-refractivity contribution in [3.05, 3.63) is 89.8 Å². The quantitative estimate of drug-likeness (QED) is 0.0981. The van der Waals surface area contributed by atoms with Crippen molar-refractivity contribution in [1.29, 1.82) is 0 Å². The van der Waals surface area contributed by atoms with Crippen molar-refractivity contribution in [3.63, 3.8) is 0 Å². The molecule has 2 atom stereocenters. The van der Waals surface area contributed by atoms with Crippen LogP contribution < -0.4 is 21.7 Å². The third-order valence-corrected chi connectivity index (χ3v) is 7.15. The monoisotopic (exact) mass is 605 g/mol. The fraction of sp³-hybridized carbons (Fsp3) is 0.513. The molecule has 5 N–H and O–H groups in total. The Bertz CT molecular complexity index is 1050. The third-order valence-electron chi connectivity index (χ3n) is 7.15. The molecule has 0 spiro atoms. The molecule has 5 nitrogen and oxygen atoms in total. The molecule has 0 aliphatic carbocycles. The summed E-state index contributed by atoms with van der Waals surface area (Å²) in [5.74, 6) is 0.954. The average molecular weight is 605 g/mol. The van der Waals surface area contributed by atoms with Crippen molar-refractivity contribution in [2.45, 2.75) is 106 Å². The van der Waals surface area contributed by atoms with Gasteiger partial charge in [-0.1, -0.05) is 127 Å². The Labute approximate surface area is 270 Å². The molecule has 44 heavy (non-hydrogen) atoms. The highest BCUT2D eigenvalue weighted by Crippen LogP contribution is 2.20. The molecule has 0 aromatic heterocycles. The smallest absolute Gasteiger partial charge is 0.150 e. The first kappa shape index (κ1) is 40.7. The molecule has 1 aliphatic rings. The van der Waals surface area contributed by atoms with E-state index in [-0.39, 0.29) is 0 Å². The number of carbonyl (C=O) groups excluding carboxylic acids is 1. The Kier molecular flexibility index (Phi) is 25.2. The van der Waals surface area contributed by atoms with Gasteiger partial charge >= 0.3 is 0 Å². The fourth-order valence-electron chi connectivity index (χ4n) is 4.29. The van der Waals surface area contributed by atoms with Crippen LogP contribution in [-0.2, 0) is 0 Å². The summed E-state index contributed by atoms with van der Waals surface area (Å²) in [5, 5.41) is 9.75. The number of hydrogen-bond acceptors (Lipinski definition) is 5. The largest absolute Gasteiger partial charge is 0.399 e. The summed E-state index contributed by atoms with van der Waals surface area (Å²) in [4.78, 5) is 10.5. The minimum Gasteiger partial charge on any atom is -0.399 e. The number of unbranched alkanes of at least 4 members (excludes halogenated alkanes) is 3. The van der Waals surface area contributed by atoms with E-state index in [0.717, 1.165) is 42.1 Å². The number of hydrogen-bond donors (Lipinski definition) is 4. The number of nitrogens with one attached hydrogen (secondary N) is 3. The zero-order valence-electron chi connectivity index (χ0n) is 29.2. The van der Waals surface area contributed by atoms with E-state index in [1.54, 1.807) is 12.1 Å². The topological polar surface area (TPSA) is 79.2 Å². The van der Waals surface area contributed by atoms with Crippen LogP contribution in [0.1, 0.15) is 110 Å². The second-order valence-corrected chi connectivity index (χ2v) is 11.6. The normalized spacial score (nSPS) is 14.2. The molecular weight excluding hydrogens is 540 g/mol. The van der Waals surface area contributed by atoms with Gasteiger partial charge in [-0.2, -0.15) is 0 Å². The van der Waals surface area contributed by atoms with Crippen LogP contribution in [0.5, 0.6) is 0 Å². The highest BCUT2D eigenvalue weighted by Gasteiger charge is 2.07. The average Bonchev–Trinajstić information content (AvgIpc) is 3.02. The summed E-state index contributed by atoms with van der Waals surface area (Å²) >= 11 is 0. The van der Waals surface area contributed by atoms with Gasteiger partial charge in [-0.05, 0) is 75.2 Å². The van der Waals surface area contributed by atoms with Gasteiger partial charge < -0.3 is 21.7 Å². The van der Waals surface area contributed by atoms with Gasteiger partial charge in [-0.3, -0.25) is 4.79 Å². The van der Waals surface area contributed by atoms with E-state index in [1.165, 1.54) is 62.6 Å². The van der Waals surface area contributed by atoms with Crippen LogP contribution in [0.3, 0.4) is 0 Å². The first-order valence-corrected chi connectivity index (χ1v) is 16.8. The predicted molar refractivity (Wildman–Crippen MR) is 196 cm³/mol. The van der Waals surface area contributed by atoms with Crippen LogP contribution in [0.2, 0.25) is 0 Å².